The van der Waals surface area contributed by atoms with E-state index >= 15 is 0 Å². The van der Waals surface area contributed by atoms with E-state index in [9.17, 15) is 9.59 Å². The molecule has 3 aromatic carbocycles. The lowest BCUT2D eigenvalue weighted by molar-refractivity contribution is 0.102. The molecule has 2 aromatic heterocycles. The molecule has 1 N–H and O–H groups in total. The van der Waals surface area contributed by atoms with Crippen molar-refractivity contribution in [1.29, 1.82) is 0 Å². The maximum absolute atomic E-state index is 13.1. The lowest BCUT2D eigenvalue weighted by Crippen LogP contribution is -2.22. The van der Waals surface area contributed by atoms with E-state index in [0.717, 1.165) is 28.2 Å². The molecule has 1 amide bonds. The van der Waals surface area contributed by atoms with Gasteiger partial charge in [0.15, 0.2) is 0 Å². The monoisotopic (exact) mass is 437 g/mol. The fourth-order valence-corrected chi connectivity index (χ4v) is 4.14. The molecule has 7 heteroatoms. The Morgan fingerprint density at radius 1 is 0.879 bits per heavy atom. The number of hydrogen-bond donors (Lipinski definition) is 1. The van der Waals surface area contributed by atoms with Crippen molar-refractivity contribution < 1.29 is 4.79 Å². The van der Waals surface area contributed by atoms with E-state index in [2.05, 4.69) is 14.9 Å². The molecule has 0 spiro atoms. The van der Waals surface area contributed by atoms with Gasteiger partial charge in [-0.15, -0.1) is 0 Å². The second-order valence-electron chi connectivity index (χ2n) is 7.92. The number of imidazole rings is 1. The van der Waals surface area contributed by atoms with Crippen LogP contribution in [0.15, 0.2) is 83.7 Å². The van der Waals surface area contributed by atoms with E-state index < -0.39 is 0 Å². The van der Waals surface area contributed by atoms with Crippen molar-refractivity contribution >= 4 is 22.6 Å². The normalized spacial score (nSPS) is 11.1. The van der Waals surface area contributed by atoms with Crippen molar-refractivity contribution in [2.75, 3.05) is 5.32 Å². The summed E-state index contributed by atoms with van der Waals surface area (Å²) in [6, 6.07) is 24.7. The molecule has 0 aliphatic heterocycles. The first-order valence-corrected chi connectivity index (χ1v) is 10.7. The van der Waals surface area contributed by atoms with E-state index in [1.807, 2.05) is 80.6 Å². The third-order valence-corrected chi connectivity index (χ3v) is 5.89. The van der Waals surface area contributed by atoms with Crippen molar-refractivity contribution in [2.24, 2.45) is 7.05 Å². The summed E-state index contributed by atoms with van der Waals surface area (Å²) in [7, 11) is 1.80. The molecule has 5 aromatic rings. The molecule has 0 saturated heterocycles. The number of benzene rings is 3. The molecule has 0 unspecified atom stereocenters. The number of rotatable bonds is 4. The van der Waals surface area contributed by atoms with Crippen molar-refractivity contribution in [3.05, 3.63) is 106 Å². The molecule has 164 valence electrons. The molecule has 0 radical (unpaired) electrons. The van der Waals surface area contributed by atoms with Crippen LogP contribution in [-0.4, -0.2) is 24.8 Å². The number of carbonyl (C=O) groups is 1. The number of aromatic nitrogens is 4. The van der Waals surface area contributed by atoms with Crippen LogP contribution >= 0.6 is 0 Å². The fraction of sp³-hybridized carbons (Fsp3) is 0.115. The number of aryl methyl sites for hydroxylation is 1. The molecule has 0 saturated carbocycles. The average molecular weight is 438 g/mol. The molecule has 5 rings (SSSR count). The first kappa shape index (κ1) is 20.5. The van der Waals surface area contributed by atoms with Crippen LogP contribution in [-0.2, 0) is 7.05 Å². The van der Waals surface area contributed by atoms with Gasteiger partial charge in [-0.25, -0.2) is 9.67 Å². The summed E-state index contributed by atoms with van der Waals surface area (Å²) in [4.78, 5) is 30.8. The summed E-state index contributed by atoms with van der Waals surface area (Å²) in [6.07, 6.45) is 0. The summed E-state index contributed by atoms with van der Waals surface area (Å²) in [6.45, 7) is 3.75. The number of fused-ring (bicyclic) bond motifs is 1. The highest BCUT2D eigenvalue weighted by atomic mass is 16.2. The van der Waals surface area contributed by atoms with Crippen molar-refractivity contribution in [3.8, 4) is 11.4 Å². The summed E-state index contributed by atoms with van der Waals surface area (Å²) in [5.41, 5.74) is 4.47. The number of nitrogens with one attached hydrogen (secondary N) is 1. The van der Waals surface area contributed by atoms with Crippen molar-refractivity contribution in [1.82, 2.24) is 18.9 Å². The van der Waals surface area contributed by atoms with Crippen LogP contribution in [0.4, 0.5) is 5.69 Å². The Labute approximate surface area is 190 Å². The van der Waals surface area contributed by atoms with Gasteiger partial charge < -0.3 is 5.32 Å². The average Bonchev–Trinajstić information content (AvgIpc) is 3.27. The first-order chi connectivity index (χ1) is 16.0. The number of hydrogen-bond acceptors (Lipinski definition) is 3. The number of anilines is 1. The Morgan fingerprint density at radius 3 is 2.18 bits per heavy atom. The zero-order chi connectivity index (χ0) is 23.1. The van der Waals surface area contributed by atoms with Gasteiger partial charge in [-0.1, -0.05) is 36.4 Å². The highest BCUT2D eigenvalue weighted by Gasteiger charge is 2.19. The maximum Gasteiger partial charge on any atom is 0.295 e. The molecular weight excluding hydrogens is 414 g/mol. The summed E-state index contributed by atoms with van der Waals surface area (Å²) in [5.74, 6) is 0.480. The number of para-hydroxylation sites is 2. The molecule has 0 bridgehead atoms. The van der Waals surface area contributed by atoms with E-state index in [0.29, 0.717) is 11.3 Å². The standard InChI is InChI=1S/C26H23N5O2/c1-17-24(26(33)31(29(17)3)21-12-8-5-9-13-21)28-25(32)19-14-15-23-22(16-19)27-18(2)30(23)20-10-6-4-7-11-20/h4-16H,1-3H3,(H,28,32). The third-order valence-electron chi connectivity index (χ3n) is 5.89. The first-order valence-electron chi connectivity index (χ1n) is 10.7. The molecule has 0 aliphatic carbocycles. The minimum atomic E-state index is -0.352. The van der Waals surface area contributed by atoms with Gasteiger partial charge in [0.25, 0.3) is 11.5 Å². The van der Waals surface area contributed by atoms with Crippen LogP contribution in [0, 0.1) is 13.8 Å². The molecule has 7 nitrogen and oxygen atoms in total. The van der Waals surface area contributed by atoms with Gasteiger partial charge >= 0.3 is 0 Å². The van der Waals surface area contributed by atoms with E-state index in [4.69, 9.17) is 0 Å². The predicted octanol–water partition coefficient (Wildman–Crippen LogP) is 4.38. The second kappa shape index (κ2) is 7.94. The van der Waals surface area contributed by atoms with Gasteiger partial charge in [0, 0.05) is 18.3 Å². The quantitative estimate of drug-likeness (QED) is 0.453. The summed E-state index contributed by atoms with van der Waals surface area (Å²) < 4.78 is 5.33. The highest BCUT2D eigenvalue weighted by molar-refractivity contribution is 6.06. The largest absolute Gasteiger partial charge is 0.316 e. The smallest absolute Gasteiger partial charge is 0.295 e. The van der Waals surface area contributed by atoms with Crippen LogP contribution in [0.25, 0.3) is 22.4 Å². The third kappa shape index (κ3) is 3.43. The van der Waals surface area contributed by atoms with Crippen molar-refractivity contribution in [2.45, 2.75) is 13.8 Å². The zero-order valence-corrected chi connectivity index (χ0v) is 18.6. The van der Waals surface area contributed by atoms with Crippen LogP contribution in [0.2, 0.25) is 0 Å². The van der Waals surface area contributed by atoms with Gasteiger partial charge in [0.1, 0.15) is 11.5 Å². The molecule has 0 aliphatic rings. The van der Waals surface area contributed by atoms with Crippen molar-refractivity contribution in [3.63, 3.8) is 0 Å². The van der Waals surface area contributed by atoms with Crippen LogP contribution in [0.5, 0.6) is 0 Å². The topological polar surface area (TPSA) is 73.8 Å². The molecule has 33 heavy (non-hydrogen) atoms. The van der Waals surface area contributed by atoms with E-state index in [-0.39, 0.29) is 17.2 Å². The fourth-order valence-electron chi connectivity index (χ4n) is 4.14. The molecular formula is C26H23N5O2. The summed E-state index contributed by atoms with van der Waals surface area (Å²) >= 11 is 0. The number of carbonyl (C=O) groups excluding carboxylic acids is 1. The van der Waals surface area contributed by atoms with Gasteiger partial charge in [-0.2, -0.15) is 0 Å². The highest BCUT2D eigenvalue weighted by Crippen LogP contribution is 2.23. The van der Waals surface area contributed by atoms with Gasteiger partial charge in [0.05, 0.1) is 22.4 Å². The minimum Gasteiger partial charge on any atom is -0.316 e. The molecule has 2 heterocycles. The Kier molecular flexibility index (Phi) is 4.94. The molecule has 0 atom stereocenters. The number of nitrogens with zero attached hydrogens (tertiary/aromatic N) is 4. The Bertz CT molecular complexity index is 1540. The molecule has 0 fully saturated rings. The van der Waals surface area contributed by atoms with Crippen LogP contribution < -0.4 is 10.9 Å². The lowest BCUT2D eigenvalue weighted by atomic mass is 10.1. The Balaban J connectivity index is 1.50. The number of amides is 1. The minimum absolute atomic E-state index is 0.262. The lowest BCUT2D eigenvalue weighted by Gasteiger charge is -2.07. The van der Waals surface area contributed by atoms with E-state index in [1.165, 1.54) is 0 Å². The zero-order valence-electron chi connectivity index (χ0n) is 18.6. The van der Waals surface area contributed by atoms with E-state index in [1.54, 1.807) is 28.5 Å². The summed E-state index contributed by atoms with van der Waals surface area (Å²) in [5, 5.41) is 2.82. The van der Waals surface area contributed by atoms with Gasteiger partial charge in [-0.3, -0.25) is 18.8 Å². The van der Waals surface area contributed by atoms with Crippen LogP contribution in [0.3, 0.4) is 0 Å². The van der Waals surface area contributed by atoms with Gasteiger partial charge in [0.2, 0.25) is 0 Å². The SMILES string of the molecule is Cc1nc2cc(C(=O)Nc3c(C)n(C)n(-c4ccccc4)c3=O)ccc2n1-c1ccccc1. The second-order valence-corrected chi connectivity index (χ2v) is 7.92. The Hall–Kier alpha value is -4.39. The maximum atomic E-state index is 13.1. The van der Waals surface area contributed by atoms with Crippen LogP contribution in [0.1, 0.15) is 21.9 Å². The predicted molar refractivity (Wildman–Crippen MR) is 130 cm³/mol. The Morgan fingerprint density at radius 2 is 1.52 bits per heavy atom. The van der Waals surface area contributed by atoms with Gasteiger partial charge in [-0.05, 0) is 56.3 Å².